The molecule has 1 unspecified atom stereocenters. The minimum Gasteiger partial charge on any atom is -0.326 e. The Balaban J connectivity index is 1.68. The molecule has 8 nitrogen and oxygen atoms in total. The number of carbonyl (C=O) groups is 1. The molecular formula is C19H19Cl2N3O5S. The fourth-order valence-electron chi connectivity index (χ4n) is 3.28. The maximum Gasteiger partial charge on any atom is 0.271 e. The summed E-state index contributed by atoms with van der Waals surface area (Å²) < 4.78 is 27.0. The van der Waals surface area contributed by atoms with Gasteiger partial charge in [0.25, 0.3) is 5.69 Å². The Bertz CT molecular complexity index is 1080. The number of nitro benzene ring substituents is 1. The van der Waals surface area contributed by atoms with Crippen molar-refractivity contribution in [3.05, 3.63) is 68.2 Å². The van der Waals surface area contributed by atoms with E-state index in [1.54, 1.807) is 18.2 Å². The lowest BCUT2D eigenvalue weighted by Crippen LogP contribution is -2.44. The zero-order valence-electron chi connectivity index (χ0n) is 15.8. The van der Waals surface area contributed by atoms with Gasteiger partial charge in [-0.15, -0.1) is 0 Å². The summed E-state index contributed by atoms with van der Waals surface area (Å²) in [5.74, 6) is -1.23. The summed E-state index contributed by atoms with van der Waals surface area (Å²) in [6, 6.07) is 10.2. The average molecular weight is 472 g/mol. The van der Waals surface area contributed by atoms with Crippen molar-refractivity contribution in [1.29, 1.82) is 0 Å². The van der Waals surface area contributed by atoms with Crippen LogP contribution in [0.4, 0.5) is 11.4 Å². The zero-order valence-corrected chi connectivity index (χ0v) is 18.1. The molecule has 1 aliphatic rings. The van der Waals surface area contributed by atoms with Gasteiger partial charge in [0, 0.05) is 41.0 Å². The number of nitrogens with one attached hydrogen (secondary N) is 1. The van der Waals surface area contributed by atoms with Crippen LogP contribution in [0.2, 0.25) is 10.0 Å². The van der Waals surface area contributed by atoms with Crippen molar-refractivity contribution in [2.24, 2.45) is 5.92 Å². The second-order valence-corrected chi connectivity index (χ2v) is 9.80. The van der Waals surface area contributed by atoms with Gasteiger partial charge in [-0.1, -0.05) is 35.3 Å². The molecule has 1 fully saturated rings. The zero-order chi connectivity index (χ0) is 21.9. The third-order valence-corrected chi connectivity index (χ3v) is 7.21. The monoisotopic (exact) mass is 471 g/mol. The first-order chi connectivity index (χ1) is 14.2. The molecule has 0 aliphatic carbocycles. The first kappa shape index (κ1) is 22.5. The Labute approximate surface area is 184 Å². The summed E-state index contributed by atoms with van der Waals surface area (Å²) in [4.78, 5) is 23.0. The molecule has 160 valence electrons. The number of carbonyl (C=O) groups excluding carboxylic acids is 1. The molecule has 1 atom stereocenters. The number of halogens is 2. The molecule has 1 aliphatic heterocycles. The number of non-ortho nitro benzene ring substituents is 1. The van der Waals surface area contributed by atoms with E-state index in [1.165, 1.54) is 28.6 Å². The number of hydrogen-bond acceptors (Lipinski definition) is 5. The number of nitrogens with zero attached hydrogens (tertiary/aromatic N) is 2. The standard InChI is InChI=1S/C19H19Cl2N3O5S/c20-15-7-6-14(18(21)9-15)12-30(28,29)23-8-2-3-13(11-23)19(25)22-16-4-1-5-17(10-16)24(26)27/h1,4-7,9-10,13H,2-3,8,11-12H2,(H,22,25). The number of anilines is 1. The summed E-state index contributed by atoms with van der Waals surface area (Å²) in [5, 5.41) is 14.2. The van der Waals surface area contributed by atoms with Crippen LogP contribution in [0.25, 0.3) is 0 Å². The molecular weight excluding hydrogens is 453 g/mol. The summed E-state index contributed by atoms with van der Waals surface area (Å²) in [6.45, 7) is 0.350. The highest BCUT2D eigenvalue weighted by molar-refractivity contribution is 7.88. The van der Waals surface area contributed by atoms with E-state index in [0.717, 1.165) is 0 Å². The number of benzene rings is 2. The van der Waals surface area contributed by atoms with E-state index in [-0.39, 0.29) is 28.9 Å². The van der Waals surface area contributed by atoms with Crippen LogP contribution in [0.5, 0.6) is 0 Å². The third-order valence-electron chi connectivity index (χ3n) is 4.83. The van der Waals surface area contributed by atoms with Crippen molar-refractivity contribution in [3.63, 3.8) is 0 Å². The van der Waals surface area contributed by atoms with Gasteiger partial charge in [-0.05, 0) is 36.6 Å². The molecule has 30 heavy (non-hydrogen) atoms. The molecule has 0 radical (unpaired) electrons. The second-order valence-electron chi connectivity index (χ2n) is 6.99. The van der Waals surface area contributed by atoms with Crippen LogP contribution in [0.1, 0.15) is 18.4 Å². The predicted molar refractivity (Wildman–Crippen MR) is 115 cm³/mol. The van der Waals surface area contributed by atoms with Gasteiger partial charge in [-0.25, -0.2) is 12.7 Å². The van der Waals surface area contributed by atoms with Gasteiger partial charge in [-0.2, -0.15) is 0 Å². The van der Waals surface area contributed by atoms with E-state index in [2.05, 4.69) is 5.32 Å². The molecule has 0 bridgehead atoms. The Morgan fingerprint density at radius 2 is 2.00 bits per heavy atom. The van der Waals surface area contributed by atoms with Crippen molar-refractivity contribution >= 4 is 50.5 Å². The van der Waals surface area contributed by atoms with Crippen LogP contribution in [0, 0.1) is 16.0 Å². The maximum atomic E-state index is 12.9. The molecule has 11 heteroatoms. The number of sulfonamides is 1. The summed E-state index contributed by atoms with van der Waals surface area (Å²) in [7, 11) is -3.69. The van der Waals surface area contributed by atoms with Crippen LogP contribution in [0.15, 0.2) is 42.5 Å². The lowest BCUT2D eigenvalue weighted by molar-refractivity contribution is -0.384. The highest BCUT2D eigenvalue weighted by Gasteiger charge is 2.33. The summed E-state index contributed by atoms with van der Waals surface area (Å²) >= 11 is 12.0. The molecule has 1 heterocycles. The maximum absolute atomic E-state index is 12.9. The van der Waals surface area contributed by atoms with Crippen molar-refractivity contribution < 1.29 is 18.1 Å². The molecule has 1 amide bonds. The molecule has 0 spiro atoms. The van der Waals surface area contributed by atoms with Crippen LogP contribution in [-0.2, 0) is 20.6 Å². The Hall–Kier alpha value is -2.20. The molecule has 1 saturated heterocycles. The van der Waals surface area contributed by atoms with Crippen molar-refractivity contribution in [2.75, 3.05) is 18.4 Å². The van der Waals surface area contributed by atoms with Crippen molar-refractivity contribution in [1.82, 2.24) is 4.31 Å². The number of nitro groups is 1. The smallest absolute Gasteiger partial charge is 0.271 e. The van der Waals surface area contributed by atoms with Gasteiger partial charge in [0.2, 0.25) is 15.9 Å². The first-order valence-electron chi connectivity index (χ1n) is 9.13. The normalized spacial score (nSPS) is 17.5. The number of rotatable bonds is 6. The third kappa shape index (κ3) is 5.48. The largest absolute Gasteiger partial charge is 0.326 e. The van der Waals surface area contributed by atoms with Gasteiger partial charge in [0.05, 0.1) is 16.6 Å². The lowest BCUT2D eigenvalue weighted by atomic mass is 9.98. The van der Waals surface area contributed by atoms with E-state index in [4.69, 9.17) is 23.2 Å². The van der Waals surface area contributed by atoms with Gasteiger partial charge in [-0.3, -0.25) is 14.9 Å². The van der Waals surface area contributed by atoms with Crippen molar-refractivity contribution in [2.45, 2.75) is 18.6 Å². The van der Waals surface area contributed by atoms with E-state index in [9.17, 15) is 23.3 Å². The van der Waals surface area contributed by atoms with Gasteiger partial charge in [0.15, 0.2) is 0 Å². The van der Waals surface area contributed by atoms with Gasteiger partial charge < -0.3 is 5.32 Å². The lowest BCUT2D eigenvalue weighted by Gasteiger charge is -2.31. The summed E-state index contributed by atoms with van der Waals surface area (Å²) in [6.07, 6.45) is 1.05. The Kier molecular flexibility index (Phi) is 6.97. The van der Waals surface area contributed by atoms with E-state index in [0.29, 0.717) is 35.7 Å². The van der Waals surface area contributed by atoms with E-state index < -0.39 is 20.9 Å². The molecule has 2 aromatic carbocycles. The first-order valence-corrected chi connectivity index (χ1v) is 11.5. The second kappa shape index (κ2) is 9.30. The highest BCUT2D eigenvalue weighted by atomic mass is 35.5. The minimum absolute atomic E-state index is 0.0360. The van der Waals surface area contributed by atoms with Gasteiger partial charge >= 0.3 is 0 Å². The SMILES string of the molecule is O=C(Nc1cccc([N+](=O)[O-])c1)C1CCCN(S(=O)(=O)Cc2ccc(Cl)cc2Cl)C1. The Morgan fingerprint density at radius 3 is 2.70 bits per heavy atom. The van der Waals surface area contributed by atoms with Crippen LogP contribution < -0.4 is 5.32 Å². The van der Waals surface area contributed by atoms with Crippen LogP contribution in [-0.4, -0.2) is 36.6 Å². The fourth-order valence-corrected chi connectivity index (χ4v) is 5.47. The average Bonchev–Trinajstić information content (AvgIpc) is 2.70. The molecule has 0 aromatic heterocycles. The predicted octanol–water partition coefficient (Wildman–Crippen LogP) is 4.08. The van der Waals surface area contributed by atoms with Gasteiger partial charge in [0.1, 0.15) is 0 Å². The molecule has 3 rings (SSSR count). The number of hydrogen-bond donors (Lipinski definition) is 1. The fraction of sp³-hybridized carbons (Fsp3) is 0.316. The minimum atomic E-state index is -3.69. The highest BCUT2D eigenvalue weighted by Crippen LogP contribution is 2.27. The van der Waals surface area contributed by atoms with Crippen molar-refractivity contribution in [3.8, 4) is 0 Å². The molecule has 0 saturated carbocycles. The topological polar surface area (TPSA) is 110 Å². The quantitative estimate of drug-likeness (QED) is 0.503. The van der Waals surface area contributed by atoms with Crippen LogP contribution in [0.3, 0.4) is 0 Å². The van der Waals surface area contributed by atoms with E-state index in [1.807, 2.05) is 0 Å². The summed E-state index contributed by atoms with van der Waals surface area (Å²) in [5.41, 5.74) is 0.590. The van der Waals surface area contributed by atoms with Crippen LogP contribution >= 0.6 is 23.2 Å². The number of amides is 1. The number of piperidine rings is 1. The van der Waals surface area contributed by atoms with E-state index >= 15 is 0 Å². The Morgan fingerprint density at radius 1 is 1.23 bits per heavy atom. The molecule has 2 aromatic rings. The molecule has 1 N–H and O–H groups in total.